The number of aliphatic imine (C=N–C) groups is 1. The number of carbonyl (C=O) groups excluding carboxylic acids is 1. The zero-order chi connectivity index (χ0) is 21.2. The second kappa shape index (κ2) is 12.1. The van der Waals surface area contributed by atoms with Gasteiger partial charge in [0.1, 0.15) is 5.60 Å². The van der Waals surface area contributed by atoms with Gasteiger partial charge in [0.25, 0.3) is 0 Å². The highest BCUT2D eigenvalue weighted by Crippen LogP contribution is 2.12. The molecule has 1 aliphatic rings. The third-order valence-corrected chi connectivity index (χ3v) is 4.29. The van der Waals surface area contributed by atoms with Crippen LogP contribution in [0.3, 0.4) is 0 Å². The molecule has 0 bridgehead atoms. The molecule has 1 rings (SSSR count). The van der Waals surface area contributed by atoms with E-state index in [2.05, 4.69) is 41.5 Å². The SMILES string of the molecule is CCNC(=NCC(CCN(C)C)OCC)N1CC[C@@H](NC(=O)OC(C)(C)C)C1. The van der Waals surface area contributed by atoms with Crippen LogP contribution < -0.4 is 10.6 Å². The Labute approximate surface area is 171 Å². The van der Waals surface area contributed by atoms with Gasteiger partial charge in [-0.1, -0.05) is 0 Å². The van der Waals surface area contributed by atoms with Crippen molar-refractivity contribution in [3.8, 4) is 0 Å². The van der Waals surface area contributed by atoms with E-state index in [4.69, 9.17) is 14.5 Å². The van der Waals surface area contributed by atoms with Crippen LogP contribution in [0.5, 0.6) is 0 Å². The largest absolute Gasteiger partial charge is 0.444 e. The minimum Gasteiger partial charge on any atom is -0.444 e. The average molecular weight is 400 g/mol. The summed E-state index contributed by atoms with van der Waals surface area (Å²) in [6.45, 7) is 14.4. The summed E-state index contributed by atoms with van der Waals surface area (Å²) >= 11 is 0. The molecule has 8 heteroatoms. The first-order chi connectivity index (χ1) is 13.1. The lowest BCUT2D eigenvalue weighted by molar-refractivity contribution is 0.0507. The molecule has 1 aliphatic heterocycles. The molecule has 2 atom stereocenters. The molecule has 1 amide bonds. The van der Waals surface area contributed by atoms with E-state index in [1.807, 2.05) is 27.7 Å². The Hall–Kier alpha value is -1.54. The number of guanidine groups is 1. The van der Waals surface area contributed by atoms with Crippen molar-refractivity contribution in [3.05, 3.63) is 0 Å². The van der Waals surface area contributed by atoms with Gasteiger partial charge in [-0.05, 0) is 61.6 Å². The Balaban J connectivity index is 2.62. The predicted molar refractivity (Wildman–Crippen MR) is 114 cm³/mol. The number of hydrogen-bond acceptors (Lipinski definition) is 5. The third kappa shape index (κ3) is 10.1. The summed E-state index contributed by atoms with van der Waals surface area (Å²) in [5, 5.41) is 6.33. The van der Waals surface area contributed by atoms with Crippen molar-refractivity contribution in [1.82, 2.24) is 20.4 Å². The minimum absolute atomic E-state index is 0.0649. The fourth-order valence-electron chi connectivity index (χ4n) is 3.02. The maximum absolute atomic E-state index is 12.0. The number of alkyl carbamates (subject to hydrolysis) is 1. The fraction of sp³-hybridized carbons (Fsp3) is 0.900. The van der Waals surface area contributed by atoms with Crippen LogP contribution in [-0.4, -0.2) is 93.0 Å². The van der Waals surface area contributed by atoms with Crippen LogP contribution in [0.1, 0.15) is 47.5 Å². The molecule has 0 radical (unpaired) electrons. The lowest BCUT2D eigenvalue weighted by Crippen LogP contribution is -2.44. The van der Waals surface area contributed by atoms with E-state index in [1.54, 1.807) is 0 Å². The van der Waals surface area contributed by atoms with Crippen molar-refractivity contribution >= 4 is 12.1 Å². The van der Waals surface area contributed by atoms with E-state index in [0.29, 0.717) is 13.2 Å². The first-order valence-electron chi connectivity index (χ1n) is 10.4. The Morgan fingerprint density at radius 2 is 2.04 bits per heavy atom. The molecule has 0 aromatic carbocycles. The molecule has 1 saturated heterocycles. The van der Waals surface area contributed by atoms with E-state index >= 15 is 0 Å². The molecule has 1 heterocycles. The van der Waals surface area contributed by atoms with Crippen LogP contribution in [-0.2, 0) is 9.47 Å². The molecular weight excluding hydrogens is 358 g/mol. The van der Waals surface area contributed by atoms with Crippen LogP contribution in [0.25, 0.3) is 0 Å². The molecule has 0 aromatic heterocycles. The van der Waals surface area contributed by atoms with E-state index in [0.717, 1.165) is 45.0 Å². The molecule has 0 spiro atoms. The Bertz CT molecular complexity index is 491. The summed E-state index contributed by atoms with van der Waals surface area (Å²) in [4.78, 5) is 21.2. The highest BCUT2D eigenvalue weighted by molar-refractivity contribution is 5.80. The van der Waals surface area contributed by atoms with Crippen molar-refractivity contribution in [2.24, 2.45) is 4.99 Å². The van der Waals surface area contributed by atoms with Gasteiger partial charge in [-0.3, -0.25) is 4.99 Å². The van der Waals surface area contributed by atoms with Crippen LogP contribution >= 0.6 is 0 Å². The molecule has 2 N–H and O–H groups in total. The normalized spacial score (nSPS) is 19.1. The Morgan fingerprint density at radius 1 is 1.32 bits per heavy atom. The van der Waals surface area contributed by atoms with Crippen LogP contribution in [0.4, 0.5) is 4.79 Å². The van der Waals surface area contributed by atoms with Crippen LogP contribution in [0.2, 0.25) is 0 Å². The summed E-state index contributed by atoms with van der Waals surface area (Å²) in [7, 11) is 4.14. The number of likely N-dealkylation sites (tertiary alicyclic amines) is 1. The highest BCUT2D eigenvalue weighted by Gasteiger charge is 2.28. The standard InChI is InChI=1S/C20H41N5O3/c1-8-21-18(22-14-17(27-9-2)11-12-24(6)7)25-13-10-16(15-25)23-19(26)28-20(3,4)5/h16-17H,8-15H2,1-7H3,(H,21,22)(H,23,26)/t16-,17?/m1/s1. The second-order valence-electron chi connectivity index (χ2n) is 8.44. The first kappa shape index (κ1) is 24.5. The number of nitrogens with zero attached hydrogens (tertiary/aromatic N) is 3. The predicted octanol–water partition coefficient (Wildman–Crippen LogP) is 1.91. The molecular formula is C20H41N5O3. The van der Waals surface area contributed by atoms with Crippen LogP contribution in [0.15, 0.2) is 4.99 Å². The topological polar surface area (TPSA) is 78.4 Å². The lowest BCUT2D eigenvalue weighted by atomic mass is 10.2. The van der Waals surface area contributed by atoms with Gasteiger partial charge in [-0.2, -0.15) is 0 Å². The monoisotopic (exact) mass is 399 g/mol. The second-order valence-corrected chi connectivity index (χ2v) is 8.44. The molecule has 1 fully saturated rings. The van der Waals surface area contributed by atoms with Crippen molar-refractivity contribution < 1.29 is 14.3 Å². The quantitative estimate of drug-likeness (QED) is 0.455. The summed E-state index contributed by atoms with van der Waals surface area (Å²) < 4.78 is 11.2. The van der Waals surface area contributed by atoms with Crippen molar-refractivity contribution in [2.75, 3.05) is 53.4 Å². The van der Waals surface area contributed by atoms with Crippen LogP contribution in [0, 0.1) is 0 Å². The zero-order valence-corrected chi connectivity index (χ0v) is 18.9. The summed E-state index contributed by atoms with van der Waals surface area (Å²) in [5.41, 5.74) is -0.487. The molecule has 0 aromatic rings. The van der Waals surface area contributed by atoms with E-state index in [9.17, 15) is 4.79 Å². The smallest absolute Gasteiger partial charge is 0.407 e. The highest BCUT2D eigenvalue weighted by atomic mass is 16.6. The Morgan fingerprint density at radius 3 is 2.61 bits per heavy atom. The van der Waals surface area contributed by atoms with E-state index in [-0.39, 0.29) is 18.2 Å². The molecule has 0 aliphatic carbocycles. The van der Waals surface area contributed by atoms with E-state index in [1.165, 1.54) is 0 Å². The summed E-state index contributed by atoms with van der Waals surface area (Å²) in [6.07, 6.45) is 1.58. The maximum Gasteiger partial charge on any atom is 0.407 e. The third-order valence-electron chi connectivity index (χ3n) is 4.29. The van der Waals surface area contributed by atoms with Gasteiger partial charge in [0.15, 0.2) is 5.96 Å². The summed E-state index contributed by atoms with van der Waals surface area (Å²) in [6, 6.07) is 0.0649. The van der Waals surface area contributed by atoms with Gasteiger partial charge in [-0.25, -0.2) is 4.79 Å². The number of rotatable bonds is 9. The van der Waals surface area contributed by atoms with Crippen molar-refractivity contribution in [3.63, 3.8) is 0 Å². The van der Waals surface area contributed by atoms with Crippen molar-refractivity contribution in [1.29, 1.82) is 0 Å². The Kier molecular flexibility index (Phi) is 10.6. The first-order valence-corrected chi connectivity index (χ1v) is 10.4. The van der Waals surface area contributed by atoms with Gasteiger partial charge < -0.3 is 29.9 Å². The molecule has 1 unspecified atom stereocenters. The molecule has 8 nitrogen and oxygen atoms in total. The number of nitrogens with one attached hydrogen (secondary N) is 2. The molecule has 0 saturated carbocycles. The maximum atomic E-state index is 12.0. The van der Waals surface area contributed by atoms with Gasteiger partial charge in [0.05, 0.1) is 18.7 Å². The zero-order valence-electron chi connectivity index (χ0n) is 18.9. The van der Waals surface area contributed by atoms with Gasteiger partial charge in [0.2, 0.25) is 0 Å². The average Bonchev–Trinajstić information content (AvgIpc) is 3.02. The van der Waals surface area contributed by atoms with Gasteiger partial charge in [0, 0.05) is 32.8 Å². The summed E-state index contributed by atoms with van der Waals surface area (Å²) in [5.74, 6) is 0.880. The lowest BCUT2D eigenvalue weighted by Gasteiger charge is -2.24. The minimum atomic E-state index is -0.487. The number of ether oxygens (including phenoxy) is 2. The van der Waals surface area contributed by atoms with Gasteiger partial charge in [-0.15, -0.1) is 0 Å². The van der Waals surface area contributed by atoms with E-state index < -0.39 is 5.60 Å². The molecule has 28 heavy (non-hydrogen) atoms. The van der Waals surface area contributed by atoms with Gasteiger partial charge >= 0.3 is 6.09 Å². The fourth-order valence-corrected chi connectivity index (χ4v) is 3.02. The van der Waals surface area contributed by atoms with Crippen molar-refractivity contribution in [2.45, 2.75) is 65.2 Å². The molecule has 164 valence electrons. The number of hydrogen-bond donors (Lipinski definition) is 2. The number of amides is 1. The number of carbonyl (C=O) groups is 1.